The van der Waals surface area contributed by atoms with Crippen molar-refractivity contribution < 1.29 is 27.0 Å². The Bertz CT molecular complexity index is 1020. The fourth-order valence-corrected chi connectivity index (χ4v) is 2.92. The van der Waals surface area contributed by atoms with E-state index >= 15 is 0 Å². The highest BCUT2D eigenvalue weighted by Gasteiger charge is 2.43. The molecule has 0 unspecified atom stereocenters. The largest absolute Gasteiger partial charge is 0.586 e. The number of halogens is 4. The van der Waals surface area contributed by atoms with Gasteiger partial charge in [-0.25, -0.2) is 8.78 Å². The van der Waals surface area contributed by atoms with E-state index in [2.05, 4.69) is 19.8 Å². The number of anilines is 1. The molecular formula is C20H14F4N2O2. The molecule has 0 bridgehead atoms. The summed E-state index contributed by atoms with van der Waals surface area (Å²) in [6.07, 6.45) is -2.19. The zero-order valence-corrected chi connectivity index (χ0v) is 14.6. The summed E-state index contributed by atoms with van der Waals surface area (Å²) < 4.78 is 62.7. The van der Waals surface area contributed by atoms with Gasteiger partial charge in [0.15, 0.2) is 11.5 Å². The number of rotatable bonds is 4. The van der Waals surface area contributed by atoms with Crippen LogP contribution in [0.2, 0.25) is 0 Å². The molecule has 1 N–H and O–H groups in total. The smallest absolute Gasteiger partial charge is 0.395 e. The Morgan fingerprint density at radius 2 is 1.68 bits per heavy atom. The van der Waals surface area contributed by atoms with Crippen LogP contribution in [0.3, 0.4) is 0 Å². The molecule has 0 amide bonds. The van der Waals surface area contributed by atoms with Gasteiger partial charge in [0.05, 0.1) is 17.6 Å². The normalized spacial score (nSPS) is 14.2. The standard InChI is InChI=1S/C20H14F4N2O2/c1-11-7-18-19(28-20(23,24)27-18)8-13(11)17-6-5-12(9-26-17)25-10-14-15(21)3-2-4-16(14)22/h2-9,25H,10H2,1H3. The van der Waals surface area contributed by atoms with Gasteiger partial charge in [0, 0.05) is 17.7 Å². The molecule has 0 saturated carbocycles. The van der Waals surface area contributed by atoms with Crippen LogP contribution < -0.4 is 14.8 Å². The first kappa shape index (κ1) is 18.1. The van der Waals surface area contributed by atoms with Crippen molar-refractivity contribution in [3.05, 3.63) is 71.4 Å². The Kier molecular flexibility index (Phi) is 4.33. The van der Waals surface area contributed by atoms with Crippen molar-refractivity contribution in [1.29, 1.82) is 0 Å². The highest BCUT2D eigenvalue weighted by atomic mass is 19.3. The minimum atomic E-state index is -3.68. The SMILES string of the molecule is Cc1cc2c(cc1-c1ccc(NCc3c(F)cccc3F)cn1)OC(F)(F)O2. The van der Waals surface area contributed by atoms with Gasteiger partial charge in [0.25, 0.3) is 0 Å². The van der Waals surface area contributed by atoms with Gasteiger partial charge in [-0.3, -0.25) is 4.98 Å². The zero-order valence-electron chi connectivity index (χ0n) is 14.6. The Morgan fingerprint density at radius 1 is 1.00 bits per heavy atom. The molecule has 3 aromatic rings. The average Bonchev–Trinajstić information content (AvgIpc) is 2.94. The van der Waals surface area contributed by atoms with E-state index in [9.17, 15) is 17.6 Å². The van der Waals surface area contributed by atoms with Gasteiger partial charge in [-0.1, -0.05) is 6.07 Å². The highest BCUT2D eigenvalue weighted by molar-refractivity contribution is 5.69. The van der Waals surface area contributed by atoms with E-state index in [0.717, 1.165) is 0 Å². The molecule has 28 heavy (non-hydrogen) atoms. The maximum atomic E-state index is 13.7. The Balaban J connectivity index is 1.53. The van der Waals surface area contributed by atoms with Crippen molar-refractivity contribution in [2.24, 2.45) is 0 Å². The Morgan fingerprint density at radius 3 is 2.32 bits per heavy atom. The van der Waals surface area contributed by atoms with E-state index in [-0.39, 0.29) is 23.6 Å². The summed E-state index contributed by atoms with van der Waals surface area (Å²) >= 11 is 0. The number of pyridine rings is 1. The van der Waals surface area contributed by atoms with Gasteiger partial charge in [0.1, 0.15) is 11.6 Å². The number of nitrogens with zero attached hydrogens (tertiary/aromatic N) is 1. The van der Waals surface area contributed by atoms with Gasteiger partial charge in [-0.15, -0.1) is 8.78 Å². The zero-order chi connectivity index (χ0) is 19.9. The predicted molar refractivity (Wildman–Crippen MR) is 94.3 cm³/mol. The van der Waals surface area contributed by atoms with Gasteiger partial charge >= 0.3 is 6.29 Å². The Hall–Kier alpha value is -3.29. The summed E-state index contributed by atoms with van der Waals surface area (Å²) in [7, 11) is 0. The van der Waals surface area contributed by atoms with Crippen molar-refractivity contribution in [2.75, 3.05) is 5.32 Å². The predicted octanol–water partition coefficient (Wildman–Crippen LogP) is 5.27. The number of hydrogen-bond acceptors (Lipinski definition) is 4. The number of ether oxygens (including phenoxy) is 2. The lowest BCUT2D eigenvalue weighted by Gasteiger charge is -2.10. The number of fused-ring (bicyclic) bond motifs is 1. The molecule has 0 fully saturated rings. The second-order valence-electron chi connectivity index (χ2n) is 6.27. The summed E-state index contributed by atoms with van der Waals surface area (Å²) in [4.78, 5) is 4.29. The van der Waals surface area contributed by atoms with Gasteiger partial charge in [-0.2, -0.15) is 0 Å². The third kappa shape index (κ3) is 3.45. The third-order valence-corrected chi connectivity index (χ3v) is 4.32. The van der Waals surface area contributed by atoms with Crippen LogP contribution in [-0.4, -0.2) is 11.3 Å². The van der Waals surface area contributed by atoms with Crippen LogP contribution in [0.15, 0.2) is 48.7 Å². The first-order valence-electron chi connectivity index (χ1n) is 8.36. The molecule has 144 valence electrons. The van der Waals surface area contributed by atoms with E-state index < -0.39 is 17.9 Å². The number of nitrogens with one attached hydrogen (secondary N) is 1. The average molecular weight is 390 g/mol. The van der Waals surface area contributed by atoms with E-state index in [4.69, 9.17) is 0 Å². The molecule has 0 saturated heterocycles. The molecule has 0 radical (unpaired) electrons. The first-order chi connectivity index (χ1) is 13.3. The quantitative estimate of drug-likeness (QED) is 0.617. The molecule has 1 aliphatic rings. The van der Waals surface area contributed by atoms with Crippen molar-refractivity contribution in [3.63, 3.8) is 0 Å². The second kappa shape index (κ2) is 6.70. The van der Waals surface area contributed by atoms with E-state index in [0.29, 0.717) is 22.5 Å². The van der Waals surface area contributed by atoms with E-state index in [1.165, 1.54) is 36.5 Å². The molecule has 4 nitrogen and oxygen atoms in total. The van der Waals surface area contributed by atoms with Crippen LogP contribution in [0.4, 0.5) is 23.2 Å². The van der Waals surface area contributed by atoms with Crippen LogP contribution in [-0.2, 0) is 6.54 Å². The number of alkyl halides is 2. The summed E-state index contributed by atoms with van der Waals surface area (Å²) in [6.45, 7) is 1.70. The number of benzene rings is 2. The van der Waals surface area contributed by atoms with Gasteiger partial charge in [-0.05, 0) is 48.9 Å². The molecular weight excluding hydrogens is 376 g/mol. The van der Waals surface area contributed by atoms with Crippen LogP contribution in [0.25, 0.3) is 11.3 Å². The first-order valence-corrected chi connectivity index (χ1v) is 8.36. The van der Waals surface area contributed by atoms with Crippen molar-refractivity contribution in [1.82, 2.24) is 4.98 Å². The van der Waals surface area contributed by atoms with Crippen LogP contribution in [0.5, 0.6) is 11.5 Å². The fraction of sp³-hybridized carbons (Fsp3) is 0.150. The van der Waals surface area contributed by atoms with Crippen LogP contribution in [0.1, 0.15) is 11.1 Å². The lowest BCUT2D eigenvalue weighted by atomic mass is 10.0. The second-order valence-corrected chi connectivity index (χ2v) is 6.27. The number of hydrogen-bond donors (Lipinski definition) is 1. The number of aromatic nitrogens is 1. The van der Waals surface area contributed by atoms with Gasteiger partial charge < -0.3 is 14.8 Å². The van der Waals surface area contributed by atoms with Crippen LogP contribution >= 0.6 is 0 Å². The minimum Gasteiger partial charge on any atom is -0.395 e. The third-order valence-electron chi connectivity index (χ3n) is 4.32. The highest BCUT2D eigenvalue weighted by Crippen LogP contribution is 2.44. The molecule has 1 aliphatic heterocycles. The van der Waals surface area contributed by atoms with E-state index in [1.807, 2.05) is 0 Å². The molecule has 1 aromatic heterocycles. The monoisotopic (exact) mass is 390 g/mol. The lowest BCUT2D eigenvalue weighted by molar-refractivity contribution is -0.286. The van der Waals surface area contributed by atoms with Crippen molar-refractivity contribution >= 4 is 5.69 Å². The topological polar surface area (TPSA) is 43.4 Å². The summed E-state index contributed by atoms with van der Waals surface area (Å²) in [5.74, 6) is -1.36. The molecule has 2 heterocycles. The van der Waals surface area contributed by atoms with Crippen LogP contribution in [0, 0.1) is 18.6 Å². The number of aryl methyl sites for hydroxylation is 1. The van der Waals surface area contributed by atoms with Gasteiger partial charge in [0.2, 0.25) is 0 Å². The molecule has 0 atom stereocenters. The maximum Gasteiger partial charge on any atom is 0.586 e. The van der Waals surface area contributed by atoms with Crippen molar-refractivity contribution in [3.8, 4) is 22.8 Å². The summed E-state index contributed by atoms with van der Waals surface area (Å²) in [6, 6.07) is 9.92. The molecule has 8 heteroatoms. The molecule has 2 aromatic carbocycles. The van der Waals surface area contributed by atoms with E-state index in [1.54, 1.807) is 19.1 Å². The Labute approximate surface area is 157 Å². The van der Waals surface area contributed by atoms with Crippen molar-refractivity contribution in [2.45, 2.75) is 19.8 Å². The molecule has 0 aliphatic carbocycles. The maximum absolute atomic E-state index is 13.7. The molecule has 4 rings (SSSR count). The fourth-order valence-electron chi connectivity index (χ4n) is 2.92. The summed E-state index contributed by atoms with van der Waals surface area (Å²) in [5.41, 5.74) is 2.30. The lowest BCUT2D eigenvalue weighted by Crippen LogP contribution is -2.25. The summed E-state index contributed by atoms with van der Waals surface area (Å²) in [5, 5.41) is 2.90. The minimum absolute atomic E-state index is 0.0311. The molecule has 0 spiro atoms.